The summed E-state index contributed by atoms with van der Waals surface area (Å²) < 4.78 is 2.07. The third-order valence-electron chi connectivity index (χ3n) is 2.64. The topological polar surface area (TPSA) is 29.3 Å². The average Bonchev–Trinajstić information content (AvgIpc) is 2.63. The molecule has 0 aliphatic carbocycles. The molecule has 1 N–H and O–H groups in total. The van der Waals surface area contributed by atoms with Gasteiger partial charge in [0.05, 0.1) is 16.4 Å². The van der Waals surface area contributed by atoms with Gasteiger partial charge in [-0.25, -0.2) is 4.98 Å². The molecule has 0 aliphatic rings. The van der Waals surface area contributed by atoms with Crippen LogP contribution in [0.5, 0.6) is 0 Å². The van der Waals surface area contributed by atoms with Gasteiger partial charge in [0, 0.05) is 12.7 Å². The number of halogens is 1. The molecule has 2 rings (SSSR count). The van der Waals surface area contributed by atoms with Gasteiger partial charge in [-0.05, 0) is 25.1 Å². The highest BCUT2D eigenvalue weighted by atomic mass is 35.5. The Morgan fingerprint density at radius 2 is 2.19 bits per heavy atom. The average molecular weight is 238 g/mol. The van der Waals surface area contributed by atoms with Crippen LogP contribution in [0, 0.1) is 0 Å². The highest BCUT2D eigenvalue weighted by Gasteiger charge is 2.09. The van der Waals surface area contributed by atoms with E-state index in [1.165, 1.54) is 5.69 Å². The van der Waals surface area contributed by atoms with Gasteiger partial charge in [0.25, 0.3) is 0 Å². The number of nitrogens with one attached hydrogen (secondary N) is 1. The lowest BCUT2D eigenvalue weighted by Crippen LogP contribution is -2.14. The van der Waals surface area contributed by atoms with E-state index in [9.17, 15) is 0 Å². The second kappa shape index (κ2) is 4.85. The summed E-state index contributed by atoms with van der Waals surface area (Å²) >= 11 is 6.01. The van der Waals surface area contributed by atoms with Crippen molar-refractivity contribution in [1.82, 2.24) is 14.7 Å². The first-order valence-corrected chi connectivity index (χ1v) is 6.00. The van der Waals surface area contributed by atoms with Crippen molar-refractivity contribution in [2.45, 2.75) is 26.8 Å². The third kappa shape index (κ3) is 2.06. The van der Waals surface area contributed by atoms with Crippen molar-refractivity contribution in [3.63, 3.8) is 0 Å². The molecule has 0 aliphatic heterocycles. The van der Waals surface area contributed by atoms with Gasteiger partial charge in [0.15, 0.2) is 0 Å². The molecule has 0 radical (unpaired) electrons. The Bertz CT molecular complexity index is 490. The monoisotopic (exact) mass is 237 g/mol. The molecule has 0 aromatic carbocycles. The number of aromatic nitrogens is 2. The zero-order valence-electron chi connectivity index (χ0n) is 9.63. The molecule has 3 nitrogen and oxygen atoms in total. The minimum atomic E-state index is 0.741. The van der Waals surface area contributed by atoms with E-state index in [0.717, 1.165) is 35.9 Å². The molecule has 2 aromatic rings. The first kappa shape index (κ1) is 11.4. The van der Waals surface area contributed by atoms with Gasteiger partial charge >= 0.3 is 0 Å². The van der Waals surface area contributed by atoms with Crippen LogP contribution in [0.1, 0.15) is 25.2 Å². The van der Waals surface area contributed by atoms with Gasteiger partial charge in [0.1, 0.15) is 5.65 Å². The molecule has 0 atom stereocenters. The van der Waals surface area contributed by atoms with Crippen molar-refractivity contribution in [2.75, 3.05) is 6.54 Å². The van der Waals surface area contributed by atoms with E-state index in [1.54, 1.807) is 0 Å². The minimum absolute atomic E-state index is 0.741. The van der Waals surface area contributed by atoms with Gasteiger partial charge < -0.3 is 9.72 Å². The Hall–Kier alpha value is -1.06. The first-order valence-electron chi connectivity index (χ1n) is 5.62. The molecule has 2 aromatic heterocycles. The van der Waals surface area contributed by atoms with Crippen molar-refractivity contribution in [3.8, 4) is 0 Å². The number of pyridine rings is 1. The van der Waals surface area contributed by atoms with Crippen molar-refractivity contribution >= 4 is 17.2 Å². The van der Waals surface area contributed by atoms with Crippen LogP contribution in [0.4, 0.5) is 0 Å². The maximum absolute atomic E-state index is 6.01. The summed E-state index contributed by atoms with van der Waals surface area (Å²) in [7, 11) is 0. The molecule has 0 amide bonds. The molecule has 86 valence electrons. The van der Waals surface area contributed by atoms with Gasteiger partial charge in [-0.2, -0.15) is 0 Å². The highest BCUT2D eigenvalue weighted by molar-refractivity contribution is 6.30. The fourth-order valence-electron chi connectivity index (χ4n) is 1.83. The van der Waals surface area contributed by atoms with E-state index in [2.05, 4.69) is 28.5 Å². The minimum Gasteiger partial charge on any atom is -0.311 e. The molecule has 0 bridgehead atoms. The number of imidazole rings is 1. The molecule has 0 saturated carbocycles. The molecule has 0 unspecified atom stereocenters. The van der Waals surface area contributed by atoms with Crippen molar-refractivity contribution in [3.05, 3.63) is 34.7 Å². The van der Waals surface area contributed by atoms with Gasteiger partial charge in [-0.1, -0.05) is 25.4 Å². The van der Waals surface area contributed by atoms with E-state index in [1.807, 2.05) is 18.3 Å². The van der Waals surface area contributed by atoms with Crippen molar-refractivity contribution < 1.29 is 0 Å². The summed E-state index contributed by atoms with van der Waals surface area (Å²) in [5, 5.41) is 4.07. The zero-order valence-corrected chi connectivity index (χ0v) is 10.4. The van der Waals surface area contributed by atoms with E-state index >= 15 is 0 Å². The standard InChI is InChI=1S/C12H16ClN3/c1-3-10-11(7-14-4-2)16-8-9(13)5-6-12(16)15-10/h5-6,8,14H,3-4,7H2,1-2H3. The SMILES string of the molecule is CCNCc1c(CC)nc2ccc(Cl)cn12. The Morgan fingerprint density at radius 3 is 2.88 bits per heavy atom. The number of hydrogen-bond acceptors (Lipinski definition) is 2. The quantitative estimate of drug-likeness (QED) is 0.886. The first-order chi connectivity index (χ1) is 7.76. The lowest BCUT2D eigenvalue weighted by atomic mass is 10.2. The summed E-state index contributed by atoms with van der Waals surface area (Å²) in [6, 6.07) is 3.83. The molecule has 4 heteroatoms. The summed E-state index contributed by atoms with van der Waals surface area (Å²) in [5.74, 6) is 0. The van der Waals surface area contributed by atoms with Crippen LogP contribution in [0.3, 0.4) is 0 Å². The van der Waals surface area contributed by atoms with Gasteiger partial charge in [0.2, 0.25) is 0 Å². The highest BCUT2D eigenvalue weighted by Crippen LogP contribution is 2.17. The Labute approximate surface area is 100 Å². The third-order valence-corrected chi connectivity index (χ3v) is 2.87. The molecule has 16 heavy (non-hydrogen) atoms. The van der Waals surface area contributed by atoms with E-state index in [4.69, 9.17) is 11.6 Å². The Balaban J connectivity index is 2.52. The van der Waals surface area contributed by atoms with E-state index < -0.39 is 0 Å². The van der Waals surface area contributed by atoms with Gasteiger partial charge in [-0.3, -0.25) is 0 Å². The number of rotatable bonds is 4. The maximum Gasteiger partial charge on any atom is 0.137 e. The van der Waals surface area contributed by atoms with Crippen LogP contribution < -0.4 is 5.32 Å². The second-order valence-electron chi connectivity index (χ2n) is 3.71. The van der Waals surface area contributed by atoms with Crippen molar-refractivity contribution in [2.24, 2.45) is 0 Å². The van der Waals surface area contributed by atoms with Crippen LogP contribution in [0.2, 0.25) is 5.02 Å². The van der Waals surface area contributed by atoms with Crippen LogP contribution in [0.25, 0.3) is 5.65 Å². The van der Waals surface area contributed by atoms with Crippen LogP contribution in [0.15, 0.2) is 18.3 Å². The molecular weight excluding hydrogens is 222 g/mol. The lowest BCUT2D eigenvalue weighted by molar-refractivity contribution is 0.698. The largest absolute Gasteiger partial charge is 0.311 e. The normalized spacial score (nSPS) is 11.2. The number of fused-ring (bicyclic) bond motifs is 1. The number of aryl methyl sites for hydroxylation is 1. The Morgan fingerprint density at radius 1 is 1.38 bits per heavy atom. The molecular formula is C12H16ClN3. The predicted molar refractivity (Wildman–Crippen MR) is 67.0 cm³/mol. The summed E-state index contributed by atoms with van der Waals surface area (Å²) in [6.07, 6.45) is 2.87. The molecule has 0 spiro atoms. The molecule has 0 fully saturated rings. The van der Waals surface area contributed by atoms with Gasteiger partial charge in [-0.15, -0.1) is 0 Å². The second-order valence-corrected chi connectivity index (χ2v) is 4.15. The smallest absolute Gasteiger partial charge is 0.137 e. The Kier molecular flexibility index (Phi) is 3.46. The molecule has 2 heterocycles. The zero-order chi connectivity index (χ0) is 11.5. The summed E-state index contributed by atoms with van der Waals surface area (Å²) in [6.45, 7) is 6.01. The molecule has 0 saturated heterocycles. The lowest BCUT2D eigenvalue weighted by Gasteiger charge is -2.04. The van der Waals surface area contributed by atoms with E-state index in [0.29, 0.717) is 0 Å². The summed E-state index contributed by atoms with van der Waals surface area (Å²) in [4.78, 5) is 4.59. The van der Waals surface area contributed by atoms with Crippen LogP contribution in [-0.4, -0.2) is 15.9 Å². The fraction of sp³-hybridized carbons (Fsp3) is 0.417. The fourth-order valence-corrected chi connectivity index (χ4v) is 1.99. The van der Waals surface area contributed by atoms with Crippen LogP contribution >= 0.6 is 11.6 Å². The van der Waals surface area contributed by atoms with Crippen LogP contribution in [-0.2, 0) is 13.0 Å². The predicted octanol–water partition coefficient (Wildman–Crippen LogP) is 2.66. The maximum atomic E-state index is 6.01. The van der Waals surface area contributed by atoms with Crippen molar-refractivity contribution in [1.29, 1.82) is 0 Å². The number of hydrogen-bond donors (Lipinski definition) is 1. The van der Waals surface area contributed by atoms with E-state index in [-0.39, 0.29) is 0 Å². The summed E-state index contributed by atoms with van der Waals surface area (Å²) in [5.41, 5.74) is 3.32. The number of nitrogens with zero attached hydrogens (tertiary/aromatic N) is 2.